The van der Waals surface area contributed by atoms with E-state index in [2.05, 4.69) is 38.0 Å². The van der Waals surface area contributed by atoms with Gasteiger partial charge in [-0.05, 0) is 29.8 Å². The van der Waals surface area contributed by atoms with E-state index in [1.807, 2.05) is 42.5 Å². The highest BCUT2D eigenvalue weighted by Gasteiger charge is 2.28. The summed E-state index contributed by atoms with van der Waals surface area (Å²) in [6, 6.07) is 18.7. The number of hydrogen-bond donors (Lipinski definition) is 1. The van der Waals surface area contributed by atoms with Crippen LogP contribution in [0.15, 0.2) is 64.1 Å². The van der Waals surface area contributed by atoms with Crippen LogP contribution in [0.4, 0.5) is 5.69 Å². The molecule has 0 saturated carbocycles. The Bertz CT molecular complexity index is 593. The van der Waals surface area contributed by atoms with Crippen molar-refractivity contribution in [1.82, 2.24) is 0 Å². The summed E-state index contributed by atoms with van der Waals surface area (Å²) >= 11 is 3.45. The van der Waals surface area contributed by atoms with Crippen LogP contribution in [-0.4, -0.2) is 12.5 Å². The zero-order chi connectivity index (χ0) is 13.2. The molecule has 0 aromatic heterocycles. The van der Waals surface area contributed by atoms with E-state index in [0.717, 1.165) is 10.2 Å². The minimum Gasteiger partial charge on any atom is -0.369 e. The van der Waals surface area contributed by atoms with E-state index in [-0.39, 0.29) is 6.04 Å². The summed E-state index contributed by atoms with van der Waals surface area (Å²) in [7, 11) is 0. The van der Waals surface area contributed by atoms with Crippen LogP contribution in [0.25, 0.3) is 0 Å². The Morgan fingerprint density at radius 3 is 2.42 bits per heavy atom. The quantitative estimate of drug-likeness (QED) is 0.923. The highest BCUT2D eigenvalue weighted by molar-refractivity contribution is 9.10. The van der Waals surface area contributed by atoms with Crippen LogP contribution in [-0.2, 0) is 0 Å². The first kappa shape index (κ1) is 12.2. The molecular weight excluding hydrogens is 302 g/mol. The zero-order valence-corrected chi connectivity index (χ0v) is 11.9. The largest absolute Gasteiger partial charge is 0.369 e. The Kier molecular flexibility index (Phi) is 3.25. The molecule has 0 aliphatic carbocycles. The lowest BCUT2D eigenvalue weighted by Gasteiger charge is -2.26. The van der Waals surface area contributed by atoms with Gasteiger partial charge in [-0.15, -0.1) is 0 Å². The summed E-state index contributed by atoms with van der Waals surface area (Å²) in [4.78, 5) is 6.47. The van der Waals surface area contributed by atoms with Crippen LogP contribution >= 0.6 is 15.9 Å². The van der Waals surface area contributed by atoms with E-state index >= 15 is 0 Å². The molecule has 0 saturated heterocycles. The van der Waals surface area contributed by atoms with Crippen LogP contribution in [0, 0.1) is 0 Å². The topological polar surface area (TPSA) is 41.6 Å². The van der Waals surface area contributed by atoms with Gasteiger partial charge >= 0.3 is 0 Å². The van der Waals surface area contributed by atoms with Gasteiger partial charge < -0.3 is 10.6 Å². The molecule has 0 fully saturated rings. The Balaban J connectivity index is 1.97. The van der Waals surface area contributed by atoms with Crippen molar-refractivity contribution in [3.63, 3.8) is 0 Å². The number of rotatable bonds is 2. The molecule has 3 rings (SSSR count). The van der Waals surface area contributed by atoms with Crippen molar-refractivity contribution in [2.75, 3.05) is 11.4 Å². The van der Waals surface area contributed by atoms with Crippen molar-refractivity contribution in [3.05, 3.63) is 64.6 Å². The third-order valence-electron chi connectivity index (χ3n) is 3.27. The SMILES string of the molecule is NC1=NCC(c2ccccc2)N1c1ccc(Br)cc1. The summed E-state index contributed by atoms with van der Waals surface area (Å²) in [5.74, 6) is 0.580. The normalized spacial score (nSPS) is 18.5. The Morgan fingerprint density at radius 1 is 1.05 bits per heavy atom. The molecule has 2 N–H and O–H groups in total. The van der Waals surface area contributed by atoms with E-state index in [1.54, 1.807) is 0 Å². The number of hydrogen-bond acceptors (Lipinski definition) is 3. The number of guanidine groups is 1. The highest BCUT2D eigenvalue weighted by atomic mass is 79.9. The second-order valence-electron chi connectivity index (χ2n) is 4.47. The Morgan fingerprint density at radius 2 is 1.74 bits per heavy atom. The molecule has 0 spiro atoms. The van der Waals surface area contributed by atoms with Gasteiger partial charge in [0.15, 0.2) is 5.96 Å². The molecule has 2 aromatic rings. The maximum absolute atomic E-state index is 6.04. The molecule has 1 atom stereocenters. The lowest BCUT2D eigenvalue weighted by Crippen LogP contribution is -2.36. The van der Waals surface area contributed by atoms with Gasteiger partial charge in [-0.1, -0.05) is 46.3 Å². The summed E-state index contributed by atoms with van der Waals surface area (Å²) in [5.41, 5.74) is 8.34. The molecule has 19 heavy (non-hydrogen) atoms. The minimum atomic E-state index is 0.183. The molecule has 1 unspecified atom stereocenters. The van der Waals surface area contributed by atoms with Gasteiger partial charge in [0.05, 0.1) is 12.6 Å². The molecule has 96 valence electrons. The van der Waals surface area contributed by atoms with E-state index in [1.165, 1.54) is 5.56 Å². The third-order valence-corrected chi connectivity index (χ3v) is 3.80. The maximum Gasteiger partial charge on any atom is 0.196 e. The van der Waals surface area contributed by atoms with Crippen molar-refractivity contribution < 1.29 is 0 Å². The third kappa shape index (κ3) is 2.36. The number of benzene rings is 2. The van der Waals surface area contributed by atoms with Gasteiger partial charge in [0.25, 0.3) is 0 Å². The van der Waals surface area contributed by atoms with Gasteiger partial charge in [-0.2, -0.15) is 0 Å². The van der Waals surface area contributed by atoms with Crippen molar-refractivity contribution in [1.29, 1.82) is 0 Å². The molecule has 0 bridgehead atoms. The van der Waals surface area contributed by atoms with Crippen molar-refractivity contribution >= 4 is 27.6 Å². The fourth-order valence-electron chi connectivity index (χ4n) is 2.34. The fraction of sp³-hybridized carbons (Fsp3) is 0.133. The first-order chi connectivity index (χ1) is 9.25. The minimum absolute atomic E-state index is 0.183. The Labute approximate surface area is 120 Å². The van der Waals surface area contributed by atoms with Crippen molar-refractivity contribution in [3.8, 4) is 0 Å². The predicted octanol–water partition coefficient (Wildman–Crippen LogP) is 3.33. The predicted molar refractivity (Wildman–Crippen MR) is 82.3 cm³/mol. The van der Waals surface area contributed by atoms with E-state index in [0.29, 0.717) is 12.5 Å². The summed E-state index contributed by atoms with van der Waals surface area (Å²) < 4.78 is 1.06. The molecule has 0 radical (unpaired) electrons. The van der Waals surface area contributed by atoms with E-state index < -0.39 is 0 Å². The molecule has 4 heteroatoms. The van der Waals surface area contributed by atoms with Crippen molar-refractivity contribution in [2.24, 2.45) is 10.7 Å². The average molecular weight is 316 g/mol. The maximum atomic E-state index is 6.04. The number of anilines is 1. The molecule has 1 aliphatic heterocycles. The molecule has 3 nitrogen and oxygen atoms in total. The summed E-state index contributed by atoms with van der Waals surface area (Å²) in [5, 5.41) is 0. The lowest BCUT2D eigenvalue weighted by molar-refractivity contribution is 0.769. The molecular formula is C15H14BrN3. The van der Waals surface area contributed by atoms with Gasteiger partial charge in [-0.3, -0.25) is 4.99 Å². The summed E-state index contributed by atoms with van der Waals surface area (Å²) in [6.45, 7) is 0.700. The monoisotopic (exact) mass is 315 g/mol. The van der Waals surface area contributed by atoms with Crippen molar-refractivity contribution in [2.45, 2.75) is 6.04 Å². The molecule has 1 aliphatic rings. The van der Waals surface area contributed by atoms with E-state index in [4.69, 9.17) is 5.73 Å². The van der Waals surface area contributed by atoms with Crippen LogP contribution in [0.1, 0.15) is 11.6 Å². The number of halogens is 1. The highest BCUT2D eigenvalue weighted by Crippen LogP contribution is 2.31. The van der Waals surface area contributed by atoms with Crippen LogP contribution in [0.3, 0.4) is 0 Å². The van der Waals surface area contributed by atoms with Gasteiger partial charge in [0.2, 0.25) is 0 Å². The molecule has 2 aromatic carbocycles. The average Bonchev–Trinajstić information content (AvgIpc) is 2.83. The smallest absolute Gasteiger partial charge is 0.196 e. The van der Waals surface area contributed by atoms with Crippen LogP contribution in [0.5, 0.6) is 0 Å². The second kappa shape index (κ2) is 5.05. The summed E-state index contributed by atoms with van der Waals surface area (Å²) in [6.07, 6.45) is 0. The fourth-order valence-corrected chi connectivity index (χ4v) is 2.61. The molecule has 0 amide bonds. The number of nitrogens with zero attached hydrogens (tertiary/aromatic N) is 2. The lowest BCUT2D eigenvalue weighted by atomic mass is 10.1. The van der Waals surface area contributed by atoms with Crippen LogP contribution < -0.4 is 10.6 Å². The van der Waals surface area contributed by atoms with E-state index in [9.17, 15) is 0 Å². The zero-order valence-electron chi connectivity index (χ0n) is 10.3. The van der Waals surface area contributed by atoms with Gasteiger partial charge in [0.1, 0.15) is 0 Å². The first-order valence-corrected chi connectivity index (χ1v) is 6.94. The standard InChI is InChI=1S/C15H14BrN3/c16-12-6-8-13(9-7-12)19-14(10-18-15(19)17)11-4-2-1-3-5-11/h1-9,14H,10H2,(H2,17,18). The van der Waals surface area contributed by atoms with Gasteiger partial charge in [-0.25, -0.2) is 0 Å². The van der Waals surface area contributed by atoms with Crippen LogP contribution in [0.2, 0.25) is 0 Å². The Hall–Kier alpha value is -1.81. The first-order valence-electron chi connectivity index (χ1n) is 6.15. The second-order valence-corrected chi connectivity index (χ2v) is 5.39. The number of aliphatic imine (C=N–C) groups is 1. The number of nitrogens with two attached hydrogens (primary N) is 1. The van der Waals surface area contributed by atoms with Gasteiger partial charge in [0, 0.05) is 10.2 Å². The molecule has 1 heterocycles.